The number of rotatable bonds is 15. The molecule has 1 saturated heterocycles. The molecule has 6 atom stereocenters. The van der Waals surface area contributed by atoms with Crippen molar-refractivity contribution < 1.29 is 46.9 Å². The third-order valence-corrected chi connectivity index (χ3v) is 10.8. The van der Waals surface area contributed by atoms with Gasteiger partial charge in [0.1, 0.15) is 41.9 Å². The van der Waals surface area contributed by atoms with E-state index in [4.69, 9.17) is 33.7 Å². The Morgan fingerprint density at radius 1 is 1.08 bits per heavy atom. The predicted octanol–water partition coefficient (Wildman–Crippen LogP) is 4.23. The van der Waals surface area contributed by atoms with Gasteiger partial charge < -0.3 is 29.2 Å². The first-order valence-corrected chi connectivity index (χ1v) is 18.6. The van der Waals surface area contributed by atoms with Crippen LogP contribution in [-0.4, -0.2) is 69.6 Å². The number of hydrogen-bond acceptors (Lipinski definition) is 14. The van der Waals surface area contributed by atoms with E-state index in [1.54, 1.807) is 32.0 Å². The minimum absolute atomic E-state index is 0.0590. The zero-order valence-electron chi connectivity index (χ0n) is 28.6. The second-order valence-corrected chi connectivity index (χ2v) is 14.5. The van der Waals surface area contributed by atoms with Crippen LogP contribution in [0.2, 0.25) is 0 Å². The molecule has 2 aliphatic carbocycles. The van der Waals surface area contributed by atoms with Gasteiger partial charge in [0.2, 0.25) is 5.60 Å². The minimum Gasteiger partial charge on any atom is -0.461 e. The molecule has 3 heterocycles. The number of nitrogens with zero attached hydrogens (tertiary/aromatic N) is 4. The van der Waals surface area contributed by atoms with Crippen LogP contribution in [0, 0.1) is 11.3 Å². The van der Waals surface area contributed by atoms with Crippen LogP contribution in [0.4, 0.5) is 5.82 Å². The van der Waals surface area contributed by atoms with Crippen molar-refractivity contribution in [2.75, 3.05) is 12.3 Å². The Morgan fingerprint density at radius 3 is 2.41 bits per heavy atom. The van der Waals surface area contributed by atoms with Crippen LogP contribution in [0.5, 0.6) is 5.75 Å². The molecule has 2 aromatic heterocycles. The lowest BCUT2D eigenvalue weighted by Gasteiger charge is -2.29. The van der Waals surface area contributed by atoms with Crippen LogP contribution in [0.3, 0.4) is 0 Å². The standard InChI is InChI=1S/C34H41N6O10P/c1-4-28(41)47-30-26(49-34(18-35,31(30)48-29(42)5-2)27-16-15-25-32(36)37-19-38-40(25)27)17-45-51(44,39-20(3)33(43)46-23-7-6-8-23)50-24-13-11-22(12-14-24)21-9-10-21/h11-16,19-21,23,26,30-31H,4-10,17H2,1-3H3,(H,39,44)(H2,36,37,38)/t20-,26+,30+,31+,34-,51?/m0/s1. The Morgan fingerprint density at radius 2 is 1.78 bits per heavy atom. The highest BCUT2D eigenvalue weighted by molar-refractivity contribution is 7.52. The van der Waals surface area contributed by atoms with Crippen molar-refractivity contribution in [3.05, 3.63) is 54.0 Å². The van der Waals surface area contributed by atoms with Crippen LogP contribution in [0.25, 0.3) is 5.52 Å². The Kier molecular flexibility index (Phi) is 10.6. The maximum atomic E-state index is 14.5. The predicted molar refractivity (Wildman–Crippen MR) is 179 cm³/mol. The number of carbonyl (C=O) groups excluding carboxylic acids is 3. The molecule has 3 fully saturated rings. The Hall–Kier alpha value is -4.55. The lowest BCUT2D eigenvalue weighted by molar-refractivity contribution is -0.169. The summed E-state index contributed by atoms with van der Waals surface area (Å²) in [6.07, 6.45) is 1.14. The number of hydrogen-bond donors (Lipinski definition) is 2. The van der Waals surface area contributed by atoms with Crippen LogP contribution in [0.15, 0.2) is 42.7 Å². The van der Waals surface area contributed by atoms with Gasteiger partial charge in [-0.15, -0.1) is 0 Å². The van der Waals surface area contributed by atoms with Gasteiger partial charge in [0.15, 0.2) is 18.0 Å². The number of nitriles is 1. The zero-order chi connectivity index (χ0) is 36.3. The molecule has 6 rings (SSSR count). The van der Waals surface area contributed by atoms with Gasteiger partial charge in [-0.05, 0) is 74.8 Å². The summed E-state index contributed by atoms with van der Waals surface area (Å²) in [6, 6.07) is 11.1. The number of esters is 3. The maximum Gasteiger partial charge on any atom is 0.459 e. The summed E-state index contributed by atoms with van der Waals surface area (Å²) >= 11 is 0. The fraction of sp³-hybridized carbons (Fsp3) is 0.529. The summed E-state index contributed by atoms with van der Waals surface area (Å²) in [6.45, 7) is 3.99. The highest BCUT2D eigenvalue weighted by atomic mass is 31.2. The number of anilines is 1. The molecule has 17 heteroatoms. The van der Waals surface area contributed by atoms with Crippen LogP contribution >= 0.6 is 7.75 Å². The number of aromatic nitrogens is 3. The zero-order valence-corrected chi connectivity index (χ0v) is 29.5. The maximum absolute atomic E-state index is 14.5. The second-order valence-electron chi connectivity index (χ2n) is 12.8. The smallest absolute Gasteiger partial charge is 0.459 e. The summed E-state index contributed by atoms with van der Waals surface area (Å²) in [4.78, 5) is 42.5. The second kappa shape index (κ2) is 15.0. The van der Waals surface area contributed by atoms with Gasteiger partial charge in [0.25, 0.3) is 0 Å². The van der Waals surface area contributed by atoms with E-state index < -0.39 is 62.2 Å². The number of nitrogen functional groups attached to an aromatic ring is 1. The fourth-order valence-corrected chi connectivity index (χ4v) is 7.43. The molecule has 0 radical (unpaired) electrons. The van der Waals surface area contributed by atoms with Gasteiger partial charge in [-0.3, -0.25) is 18.9 Å². The van der Waals surface area contributed by atoms with Crippen molar-refractivity contribution in [1.29, 1.82) is 5.26 Å². The summed E-state index contributed by atoms with van der Waals surface area (Å²) in [5.74, 6) is -1.25. The molecule has 1 unspecified atom stereocenters. The Bertz CT molecular complexity index is 1860. The highest BCUT2D eigenvalue weighted by Crippen LogP contribution is 2.49. The Balaban J connectivity index is 1.33. The lowest BCUT2D eigenvalue weighted by atomic mass is 9.92. The summed E-state index contributed by atoms with van der Waals surface area (Å²) in [5, 5.41) is 17.7. The van der Waals surface area contributed by atoms with E-state index in [-0.39, 0.29) is 36.2 Å². The van der Waals surface area contributed by atoms with Crippen molar-refractivity contribution in [2.24, 2.45) is 0 Å². The lowest BCUT2D eigenvalue weighted by Crippen LogP contribution is -2.46. The van der Waals surface area contributed by atoms with Gasteiger partial charge in [-0.25, -0.2) is 14.1 Å². The van der Waals surface area contributed by atoms with Crippen molar-refractivity contribution in [3.8, 4) is 11.8 Å². The molecule has 1 aromatic carbocycles. The highest BCUT2D eigenvalue weighted by Gasteiger charge is 2.62. The fourth-order valence-electron chi connectivity index (χ4n) is 5.93. The van der Waals surface area contributed by atoms with E-state index in [1.165, 1.54) is 23.8 Å². The van der Waals surface area contributed by atoms with Crippen molar-refractivity contribution in [2.45, 2.75) is 108 Å². The first-order chi connectivity index (χ1) is 24.5. The van der Waals surface area contributed by atoms with Gasteiger partial charge in [0, 0.05) is 12.8 Å². The van der Waals surface area contributed by atoms with Gasteiger partial charge in [-0.2, -0.15) is 15.4 Å². The summed E-state index contributed by atoms with van der Waals surface area (Å²) in [5.41, 5.74) is 5.49. The van der Waals surface area contributed by atoms with E-state index >= 15 is 0 Å². The van der Waals surface area contributed by atoms with Crippen molar-refractivity contribution in [1.82, 2.24) is 19.7 Å². The van der Waals surface area contributed by atoms with E-state index in [2.05, 4.69) is 21.2 Å². The molecular weight excluding hydrogens is 683 g/mol. The number of fused-ring (bicyclic) bond motifs is 1. The van der Waals surface area contributed by atoms with Crippen LogP contribution in [0.1, 0.15) is 82.9 Å². The molecule has 0 amide bonds. The SMILES string of the molecule is CCC(=O)O[C@H]1[C@@H](OC(=O)CC)[C@](C#N)(c2ccc3c(N)ncnn23)O[C@@H]1COP(=O)(N[C@@H](C)C(=O)OC1CCC1)Oc1ccc(C2CC2)cc1. The molecule has 16 nitrogen and oxygen atoms in total. The first-order valence-electron chi connectivity index (χ1n) is 17.1. The molecule has 272 valence electrons. The third kappa shape index (κ3) is 7.72. The molecular formula is C34H41N6O10P. The van der Waals surface area contributed by atoms with Gasteiger partial charge >= 0.3 is 25.7 Å². The van der Waals surface area contributed by atoms with E-state index in [1.807, 2.05) is 12.1 Å². The topological polar surface area (TPSA) is 216 Å². The van der Waals surface area contributed by atoms with Crippen molar-refractivity contribution in [3.63, 3.8) is 0 Å². The number of carbonyl (C=O) groups is 3. The number of nitrogens with one attached hydrogen (secondary N) is 1. The number of nitrogens with two attached hydrogens (primary N) is 1. The molecule has 3 aromatic rings. The number of ether oxygens (including phenoxy) is 4. The summed E-state index contributed by atoms with van der Waals surface area (Å²) in [7, 11) is -4.44. The quantitative estimate of drug-likeness (QED) is 0.127. The molecule has 1 aliphatic heterocycles. The average Bonchev–Trinajstić information content (AvgIpc) is 3.79. The first kappa shape index (κ1) is 36.2. The average molecular weight is 725 g/mol. The number of benzene rings is 1. The van der Waals surface area contributed by atoms with Crippen molar-refractivity contribution >= 4 is 37.0 Å². The Labute approximate surface area is 294 Å². The van der Waals surface area contributed by atoms with Crippen LogP contribution in [-0.2, 0) is 48.0 Å². The van der Waals surface area contributed by atoms with Crippen LogP contribution < -0.4 is 15.3 Å². The van der Waals surface area contributed by atoms with E-state index in [0.29, 0.717) is 11.4 Å². The monoisotopic (exact) mass is 724 g/mol. The summed E-state index contributed by atoms with van der Waals surface area (Å²) < 4.78 is 51.1. The van der Waals surface area contributed by atoms with Gasteiger partial charge in [0.05, 0.1) is 12.3 Å². The molecule has 0 bridgehead atoms. The largest absolute Gasteiger partial charge is 0.461 e. The van der Waals surface area contributed by atoms with E-state index in [0.717, 1.165) is 37.7 Å². The third-order valence-electron chi connectivity index (χ3n) is 9.14. The molecule has 3 aliphatic rings. The van der Waals surface area contributed by atoms with Gasteiger partial charge in [-0.1, -0.05) is 26.0 Å². The molecule has 3 N–H and O–H groups in total. The minimum atomic E-state index is -4.44. The molecule has 0 spiro atoms. The molecule has 2 saturated carbocycles. The van der Waals surface area contributed by atoms with E-state index in [9.17, 15) is 24.2 Å². The molecule has 51 heavy (non-hydrogen) atoms. The normalized spacial score (nSPS) is 24.9.